The molecule has 19 heavy (non-hydrogen) atoms. The van der Waals surface area contributed by atoms with E-state index in [1.54, 1.807) is 19.1 Å². The molecule has 6 nitrogen and oxygen atoms in total. The van der Waals surface area contributed by atoms with Crippen LogP contribution >= 0.6 is 11.6 Å². The van der Waals surface area contributed by atoms with Crippen LogP contribution in [-0.4, -0.2) is 41.2 Å². The average molecular weight is 287 g/mol. The molecule has 1 rings (SSSR count). The number of hydrogen-bond donors (Lipinski definition) is 2. The van der Waals surface area contributed by atoms with Gasteiger partial charge < -0.3 is 15.2 Å². The number of aliphatic carboxylic acids is 1. The maximum Gasteiger partial charge on any atom is 0.326 e. The van der Waals surface area contributed by atoms with Crippen LogP contribution < -0.4 is 5.32 Å². The molecule has 0 unspecified atom stereocenters. The van der Waals surface area contributed by atoms with E-state index in [0.29, 0.717) is 17.3 Å². The van der Waals surface area contributed by atoms with Crippen molar-refractivity contribution in [3.8, 4) is 0 Å². The van der Waals surface area contributed by atoms with E-state index in [0.717, 1.165) is 0 Å². The molecule has 0 spiro atoms. The van der Waals surface area contributed by atoms with Crippen LogP contribution in [0.4, 0.5) is 0 Å². The van der Waals surface area contributed by atoms with Crippen molar-refractivity contribution >= 4 is 23.5 Å². The second-order valence-corrected chi connectivity index (χ2v) is 4.18. The van der Waals surface area contributed by atoms with Gasteiger partial charge in [0, 0.05) is 19.2 Å². The van der Waals surface area contributed by atoms with Crippen LogP contribution in [0.25, 0.3) is 0 Å². The number of ether oxygens (including phenoxy) is 1. The van der Waals surface area contributed by atoms with Gasteiger partial charge in [-0.05, 0) is 18.6 Å². The number of carbonyl (C=O) groups is 2. The number of nitrogens with one attached hydrogen (secondary N) is 1. The summed E-state index contributed by atoms with van der Waals surface area (Å²) in [6, 6.07) is 2.22. The summed E-state index contributed by atoms with van der Waals surface area (Å²) in [6.07, 6.45) is 1.62. The fourth-order valence-corrected chi connectivity index (χ4v) is 1.51. The Morgan fingerprint density at radius 1 is 1.53 bits per heavy atom. The van der Waals surface area contributed by atoms with E-state index in [1.807, 2.05) is 0 Å². The number of hydrogen-bond acceptors (Lipinski definition) is 4. The zero-order chi connectivity index (χ0) is 14.3. The van der Waals surface area contributed by atoms with Crippen LogP contribution in [0.2, 0.25) is 5.15 Å². The van der Waals surface area contributed by atoms with Gasteiger partial charge in [0.25, 0.3) is 0 Å². The van der Waals surface area contributed by atoms with Crippen molar-refractivity contribution in [1.82, 2.24) is 10.3 Å². The molecule has 1 aromatic rings. The summed E-state index contributed by atoms with van der Waals surface area (Å²) in [5.74, 6) is -1.57. The maximum absolute atomic E-state index is 11.4. The molecule has 1 heterocycles. The smallest absolute Gasteiger partial charge is 0.326 e. The van der Waals surface area contributed by atoms with Crippen LogP contribution in [0, 0.1) is 0 Å². The Hall–Kier alpha value is -1.66. The number of amides is 1. The highest BCUT2D eigenvalue weighted by molar-refractivity contribution is 6.29. The second kappa shape index (κ2) is 7.70. The Kier molecular flexibility index (Phi) is 6.24. The number of nitrogens with zero attached hydrogens (tertiary/aromatic N) is 1. The molecular formula is C12H15ClN2O4. The fraction of sp³-hybridized carbons (Fsp3) is 0.417. The van der Waals surface area contributed by atoms with Gasteiger partial charge in [-0.2, -0.15) is 0 Å². The number of rotatable bonds is 7. The largest absolute Gasteiger partial charge is 0.480 e. The summed E-state index contributed by atoms with van der Waals surface area (Å²) in [5, 5.41) is 11.8. The number of halogens is 1. The third-order valence-corrected chi connectivity index (χ3v) is 2.52. The summed E-state index contributed by atoms with van der Waals surface area (Å²) in [6.45, 7) is 1.99. The molecular weight excluding hydrogens is 272 g/mol. The first kappa shape index (κ1) is 15.4. The van der Waals surface area contributed by atoms with Gasteiger partial charge >= 0.3 is 5.97 Å². The van der Waals surface area contributed by atoms with Crippen LogP contribution in [0.3, 0.4) is 0 Å². The van der Waals surface area contributed by atoms with Gasteiger partial charge in [-0.25, -0.2) is 9.78 Å². The third kappa shape index (κ3) is 5.67. The highest BCUT2D eigenvalue weighted by atomic mass is 35.5. The Balaban J connectivity index is 2.60. The topological polar surface area (TPSA) is 88.5 Å². The minimum Gasteiger partial charge on any atom is -0.480 e. The van der Waals surface area contributed by atoms with Crippen molar-refractivity contribution in [2.24, 2.45) is 0 Å². The van der Waals surface area contributed by atoms with Crippen LogP contribution in [0.1, 0.15) is 12.5 Å². The standard InChI is InChI=1S/C12H15ClN2O4/c1-2-19-7-11(16)15-9(12(17)18)5-8-3-4-10(13)14-6-8/h3-4,6,9H,2,5,7H2,1H3,(H,15,16)(H,17,18)/t9-/m1/s1. The Bertz CT molecular complexity index is 436. The van der Waals surface area contributed by atoms with Crippen LogP contribution in [0.15, 0.2) is 18.3 Å². The lowest BCUT2D eigenvalue weighted by Gasteiger charge is -2.14. The molecule has 1 atom stereocenters. The summed E-state index contributed by atoms with van der Waals surface area (Å²) < 4.78 is 4.91. The molecule has 0 aliphatic rings. The van der Waals surface area contributed by atoms with Gasteiger partial charge in [0.15, 0.2) is 0 Å². The molecule has 0 bridgehead atoms. The quantitative estimate of drug-likeness (QED) is 0.727. The maximum atomic E-state index is 11.4. The Labute approximate surface area is 115 Å². The summed E-state index contributed by atoms with van der Waals surface area (Å²) in [5.41, 5.74) is 0.675. The van der Waals surface area contributed by atoms with Gasteiger partial charge in [0.2, 0.25) is 5.91 Å². The predicted octanol–water partition coefficient (Wildman–Crippen LogP) is 0.883. The molecule has 7 heteroatoms. The molecule has 2 N–H and O–H groups in total. The van der Waals surface area contributed by atoms with Crippen molar-refractivity contribution in [2.45, 2.75) is 19.4 Å². The molecule has 0 fully saturated rings. The number of pyridine rings is 1. The molecule has 0 aromatic carbocycles. The van der Waals surface area contributed by atoms with E-state index in [4.69, 9.17) is 21.4 Å². The Morgan fingerprint density at radius 2 is 2.26 bits per heavy atom. The van der Waals surface area contributed by atoms with Crippen molar-refractivity contribution < 1.29 is 19.4 Å². The summed E-state index contributed by atoms with van der Waals surface area (Å²) in [4.78, 5) is 26.4. The van der Waals surface area contributed by atoms with Crippen LogP contribution in [0.5, 0.6) is 0 Å². The van der Waals surface area contributed by atoms with E-state index >= 15 is 0 Å². The molecule has 0 saturated heterocycles. The molecule has 0 saturated carbocycles. The predicted molar refractivity (Wildman–Crippen MR) is 69.0 cm³/mol. The van der Waals surface area contributed by atoms with E-state index in [-0.39, 0.29) is 13.0 Å². The van der Waals surface area contributed by atoms with E-state index in [1.165, 1.54) is 6.20 Å². The normalized spacial score (nSPS) is 11.9. The van der Waals surface area contributed by atoms with Gasteiger partial charge in [-0.15, -0.1) is 0 Å². The van der Waals surface area contributed by atoms with E-state index < -0.39 is 17.9 Å². The lowest BCUT2D eigenvalue weighted by molar-refractivity contribution is -0.142. The first-order valence-corrected chi connectivity index (χ1v) is 6.11. The van der Waals surface area contributed by atoms with Crippen molar-refractivity contribution in [1.29, 1.82) is 0 Å². The monoisotopic (exact) mass is 286 g/mol. The van der Waals surface area contributed by atoms with Gasteiger partial charge in [-0.1, -0.05) is 17.7 Å². The highest BCUT2D eigenvalue weighted by Gasteiger charge is 2.20. The molecule has 0 aliphatic heterocycles. The number of aromatic nitrogens is 1. The Morgan fingerprint density at radius 3 is 2.79 bits per heavy atom. The first-order valence-electron chi connectivity index (χ1n) is 5.73. The molecule has 1 aromatic heterocycles. The molecule has 104 valence electrons. The van der Waals surface area contributed by atoms with Crippen molar-refractivity contribution in [3.63, 3.8) is 0 Å². The number of carboxylic acid groups (broad SMARTS) is 1. The third-order valence-electron chi connectivity index (χ3n) is 2.30. The number of carbonyl (C=O) groups excluding carboxylic acids is 1. The van der Waals surface area contributed by atoms with E-state index in [9.17, 15) is 9.59 Å². The van der Waals surface area contributed by atoms with Crippen LogP contribution in [-0.2, 0) is 20.7 Å². The first-order chi connectivity index (χ1) is 9.02. The minimum absolute atomic E-state index is 0.136. The molecule has 0 aliphatic carbocycles. The van der Waals surface area contributed by atoms with Crippen molar-refractivity contribution in [3.05, 3.63) is 29.0 Å². The molecule has 1 amide bonds. The minimum atomic E-state index is -1.11. The molecule has 0 radical (unpaired) electrons. The second-order valence-electron chi connectivity index (χ2n) is 3.79. The average Bonchev–Trinajstić information content (AvgIpc) is 2.38. The SMILES string of the molecule is CCOCC(=O)N[C@H](Cc1ccc(Cl)nc1)C(=O)O. The van der Waals surface area contributed by atoms with Gasteiger partial charge in [0.05, 0.1) is 0 Å². The zero-order valence-corrected chi connectivity index (χ0v) is 11.2. The van der Waals surface area contributed by atoms with Gasteiger partial charge in [0.1, 0.15) is 17.8 Å². The lowest BCUT2D eigenvalue weighted by Crippen LogP contribution is -2.43. The number of carboxylic acids is 1. The highest BCUT2D eigenvalue weighted by Crippen LogP contribution is 2.07. The lowest BCUT2D eigenvalue weighted by atomic mass is 10.1. The summed E-state index contributed by atoms with van der Waals surface area (Å²) >= 11 is 5.64. The van der Waals surface area contributed by atoms with E-state index in [2.05, 4.69) is 10.3 Å². The van der Waals surface area contributed by atoms with Crippen molar-refractivity contribution in [2.75, 3.05) is 13.2 Å². The summed E-state index contributed by atoms with van der Waals surface area (Å²) in [7, 11) is 0. The zero-order valence-electron chi connectivity index (χ0n) is 10.4. The fourth-order valence-electron chi connectivity index (χ4n) is 1.39. The van der Waals surface area contributed by atoms with Gasteiger partial charge in [-0.3, -0.25) is 4.79 Å².